The molecule has 1 atom stereocenters. The number of nitrogens with one attached hydrogen (secondary N) is 3. The van der Waals surface area contributed by atoms with Crippen LogP contribution in [0, 0.1) is 0 Å². The number of amides is 3. The lowest BCUT2D eigenvalue weighted by Gasteiger charge is -2.21. The van der Waals surface area contributed by atoms with E-state index in [1.165, 1.54) is 0 Å². The van der Waals surface area contributed by atoms with Crippen molar-refractivity contribution in [3.8, 4) is 0 Å². The summed E-state index contributed by atoms with van der Waals surface area (Å²) in [5.41, 5.74) is 1.83. The molecule has 7 nitrogen and oxygen atoms in total. The van der Waals surface area contributed by atoms with E-state index in [2.05, 4.69) is 27.5 Å². The van der Waals surface area contributed by atoms with E-state index >= 15 is 0 Å². The van der Waals surface area contributed by atoms with Gasteiger partial charge in [-0.15, -0.1) is 0 Å². The van der Waals surface area contributed by atoms with E-state index in [1.54, 1.807) is 12.1 Å². The van der Waals surface area contributed by atoms with Crippen molar-refractivity contribution < 1.29 is 14.4 Å². The molecule has 2 heterocycles. The minimum absolute atomic E-state index is 0.227. The highest BCUT2D eigenvalue weighted by molar-refractivity contribution is 6.08. The van der Waals surface area contributed by atoms with Gasteiger partial charge < -0.3 is 10.3 Å². The van der Waals surface area contributed by atoms with Crippen LogP contribution in [0.3, 0.4) is 0 Å². The number of para-hydroxylation sites is 1. The zero-order valence-corrected chi connectivity index (χ0v) is 13.5. The fourth-order valence-electron chi connectivity index (χ4n) is 2.80. The number of aromatic amines is 1. The number of rotatable bonds is 5. The van der Waals surface area contributed by atoms with Gasteiger partial charge in [-0.3, -0.25) is 19.7 Å². The number of nitrogens with zero attached hydrogens (tertiary/aromatic N) is 1. The van der Waals surface area contributed by atoms with Crippen molar-refractivity contribution in [2.45, 2.75) is 45.1 Å². The molecule has 0 bridgehead atoms. The number of aromatic nitrogens is 2. The second kappa shape index (κ2) is 6.82. The van der Waals surface area contributed by atoms with E-state index < -0.39 is 11.9 Å². The Morgan fingerprint density at radius 1 is 1.38 bits per heavy atom. The average Bonchev–Trinajstić information content (AvgIpc) is 2.98. The number of carbonyl (C=O) groups excluding carboxylic acids is 3. The van der Waals surface area contributed by atoms with Gasteiger partial charge in [0.1, 0.15) is 17.4 Å². The molecule has 1 aliphatic rings. The summed E-state index contributed by atoms with van der Waals surface area (Å²) < 4.78 is 0. The van der Waals surface area contributed by atoms with Crippen LogP contribution in [0.1, 0.15) is 48.8 Å². The minimum atomic E-state index is -0.691. The van der Waals surface area contributed by atoms with Gasteiger partial charge in [0.05, 0.1) is 11.1 Å². The molecule has 24 heavy (non-hydrogen) atoms. The highest BCUT2D eigenvalue weighted by atomic mass is 16.2. The van der Waals surface area contributed by atoms with Crippen molar-refractivity contribution in [3.05, 3.63) is 29.6 Å². The van der Waals surface area contributed by atoms with E-state index in [0.29, 0.717) is 17.5 Å². The number of imidazole rings is 1. The summed E-state index contributed by atoms with van der Waals surface area (Å²) >= 11 is 0. The predicted octanol–water partition coefficient (Wildman–Crippen LogP) is 1.44. The van der Waals surface area contributed by atoms with Gasteiger partial charge in [0, 0.05) is 12.8 Å². The summed E-state index contributed by atoms with van der Waals surface area (Å²) in [5, 5.41) is 4.93. The highest BCUT2D eigenvalue weighted by Gasteiger charge is 2.28. The van der Waals surface area contributed by atoms with Gasteiger partial charge in [-0.2, -0.15) is 0 Å². The van der Waals surface area contributed by atoms with Gasteiger partial charge in [0.25, 0.3) is 5.91 Å². The maximum absolute atomic E-state index is 12.5. The molecule has 0 saturated carbocycles. The van der Waals surface area contributed by atoms with E-state index in [1.807, 2.05) is 6.07 Å². The lowest BCUT2D eigenvalue weighted by molar-refractivity contribution is -0.134. The summed E-state index contributed by atoms with van der Waals surface area (Å²) in [7, 11) is 0. The average molecular weight is 328 g/mol. The largest absolute Gasteiger partial charge is 0.342 e. The van der Waals surface area contributed by atoms with Gasteiger partial charge in [-0.25, -0.2) is 4.98 Å². The smallest absolute Gasteiger partial charge is 0.254 e. The van der Waals surface area contributed by atoms with Crippen molar-refractivity contribution >= 4 is 28.8 Å². The van der Waals surface area contributed by atoms with Crippen LogP contribution in [-0.2, 0) is 16.0 Å². The van der Waals surface area contributed by atoms with Gasteiger partial charge in [0.2, 0.25) is 11.8 Å². The Balaban J connectivity index is 1.80. The van der Waals surface area contributed by atoms with E-state index in [-0.39, 0.29) is 18.2 Å². The third kappa shape index (κ3) is 3.29. The topological polar surface area (TPSA) is 104 Å². The lowest BCUT2D eigenvalue weighted by Crippen LogP contribution is -2.52. The fourth-order valence-corrected chi connectivity index (χ4v) is 2.80. The van der Waals surface area contributed by atoms with Gasteiger partial charge in [-0.05, 0) is 25.0 Å². The molecular weight excluding hydrogens is 308 g/mol. The van der Waals surface area contributed by atoms with Crippen LogP contribution in [0.15, 0.2) is 18.2 Å². The molecule has 1 unspecified atom stereocenters. The Labute approximate surface area is 139 Å². The molecular formula is C17H20N4O3. The Morgan fingerprint density at radius 3 is 2.96 bits per heavy atom. The van der Waals surface area contributed by atoms with Crippen molar-refractivity contribution in [3.63, 3.8) is 0 Å². The predicted molar refractivity (Wildman–Crippen MR) is 88.3 cm³/mol. The quantitative estimate of drug-likeness (QED) is 0.722. The van der Waals surface area contributed by atoms with Gasteiger partial charge in [-0.1, -0.05) is 19.4 Å². The van der Waals surface area contributed by atoms with E-state index in [4.69, 9.17) is 0 Å². The van der Waals surface area contributed by atoms with Crippen LogP contribution in [0.4, 0.5) is 0 Å². The molecule has 1 fully saturated rings. The number of aryl methyl sites for hydroxylation is 1. The number of imide groups is 1. The summed E-state index contributed by atoms with van der Waals surface area (Å²) in [6, 6.07) is 4.65. The normalized spacial score (nSPS) is 17.8. The number of hydrogen-bond donors (Lipinski definition) is 3. The zero-order valence-electron chi connectivity index (χ0n) is 13.5. The third-order valence-electron chi connectivity index (χ3n) is 4.12. The number of hydrogen-bond acceptors (Lipinski definition) is 4. The summed E-state index contributed by atoms with van der Waals surface area (Å²) in [6.45, 7) is 2.11. The number of fused-ring (bicyclic) bond motifs is 1. The second-order valence-corrected chi connectivity index (χ2v) is 5.97. The molecule has 7 heteroatoms. The SMILES string of the molecule is CCCCc1nc2c(C(=O)NC3CCC(=O)NC3=O)cccc2[nH]1. The maximum atomic E-state index is 12.5. The minimum Gasteiger partial charge on any atom is -0.342 e. The molecule has 3 rings (SSSR count). The molecule has 3 N–H and O–H groups in total. The number of piperidine rings is 1. The molecule has 0 radical (unpaired) electrons. The number of H-pyrrole nitrogens is 1. The Kier molecular flexibility index (Phi) is 4.59. The molecule has 0 spiro atoms. The molecule has 1 saturated heterocycles. The first-order valence-corrected chi connectivity index (χ1v) is 8.20. The van der Waals surface area contributed by atoms with Crippen LogP contribution in [0.2, 0.25) is 0 Å². The molecule has 1 aromatic heterocycles. The molecule has 3 amide bonds. The van der Waals surface area contributed by atoms with E-state index in [0.717, 1.165) is 30.6 Å². The lowest BCUT2D eigenvalue weighted by atomic mass is 10.1. The summed E-state index contributed by atoms with van der Waals surface area (Å²) in [4.78, 5) is 43.3. The standard InChI is InChI=1S/C17H20N4O3/c1-2-3-7-13-18-11-6-4-5-10(15(11)20-13)16(23)19-12-8-9-14(22)21-17(12)24/h4-6,12H,2-3,7-9H2,1H3,(H,18,20)(H,19,23)(H,21,22,24). The van der Waals surface area contributed by atoms with Crippen LogP contribution in [0.25, 0.3) is 11.0 Å². The number of carbonyl (C=O) groups is 3. The van der Waals surface area contributed by atoms with E-state index in [9.17, 15) is 14.4 Å². The number of benzene rings is 1. The Bertz CT molecular complexity index is 796. The van der Waals surface area contributed by atoms with Crippen LogP contribution in [-0.4, -0.2) is 33.7 Å². The third-order valence-corrected chi connectivity index (χ3v) is 4.12. The second-order valence-electron chi connectivity index (χ2n) is 5.97. The van der Waals surface area contributed by atoms with Crippen molar-refractivity contribution in [2.24, 2.45) is 0 Å². The summed E-state index contributed by atoms with van der Waals surface area (Å²) in [6.07, 6.45) is 3.47. The Hall–Kier alpha value is -2.70. The zero-order chi connectivity index (χ0) is 17.1. The first-order valence-electron chi connectivity index (χ1n) is 8.20. The molecule has 2 aromatic rings. The first-order chi connectivity index (χ1) is 11.6. The molecule has 1 aromatic carbocycles. The monoisotopic (exact) mass is 328 g/mol. The highest BCUT2D eigenvalue weighted by Crippen LogP contribution is 2.18. The number of unbranched alkanes of at least 4 members (excludes halogenated alkanes) is 1. The van der Waals surface area contributed by atoms with Gasteiger partial charge >= 0.3 is 0 Å². The van der Waals surface area contributed by atoms with Crippen molar-refractivity contribution in [1.29, 1.82) is 0 Å². The molecule has 1 aliphatic heterocycles. The first kappa shape index (κ1) is 16.2. The van der Waals surface area contributed by atoms with Crippen molar-refractivity contribution in [2.75, 3.05) is 0 Å². The van der Waals surface area contributed by atoms with Crippen LogP contribution in [0.5, 0.6) is 0 Å². The van der Waals surface area contributed by atoms with Crippen LogP contribution >= 0.6 is 0 Å². The molecule has 126 valence electrons. The summed E-state index contributed by atoms with van der Waals surface area (Å²) in [5.74, 6) is -0.269. The maximum Gasteiger partial charge on any atom is 0.254 e. The Morgan fingerprint density at radius 2 is 2.21 bits per heavy atom. The molecule has 0 aliphatic carbocycles. The van der Waals surface area contributed by atoms with Crippen LogP contribution < -0.4 is 10.6 Å². The van der Waals surface area contributed by atoms with Gasteiger partial charge in [0.15, 0.2) is 0 Å². The van der Waals surface area contributed by atoms with Crippen molar-refractivity contribution in [1.82, 2.24) is 20.6 Å². The fraction of sp³-hybridized carbons (Fsp3) is 0.412.